The minimum Gasteiger partial charge on any atom is -0.413 e. The fourth-order valence-electron chi connectivity index (χ4n) is 2.32. The molecule has 0 N–H and O–H groups in total. The van der Waals surface area contributed by atoms with Gasteiger partial charge in [-0.2, -0.15) is 0 Å². The molecule has 0 aliphatic carbocycles. The highest BCUT2D eigenvalue weighted by Gasteiger charge is 2.24. The zero-order valence-electron chi connectivity index (χ0n) is 12.5. The van der Waals surface area contributed by atoms with Gasteiger partial charge in [0.2, 0.25) is 8.32 Å². The van der Waals surface area contributed by atoms with E-state index in [2.05, 4.69) is 63.0 Å². The lowest BCUT2D eigenvalue weighted by Crippen LogP contribution is -2.44. The van der Waals surface area contributed by atoms with Crippen molar-refractivity contribution in [2.24, 2.45) is 0 Å². The highest BCUT2D eigenvalue weighted by molar-refractivity contribution is 6.84. The van der Waals surface area contributed by atoms with Crippen molar-refractivity contribution in [3.63, 3.8) is 0 Å². The Bertz CT molecular complexity index is 570. The summed E-state index contributed by atoms with van der Waals surface area (Å²) in [5, 5.41) is 1.32. The van der Waals surface area contributed by atoms with Crippen LogP contribution >= 0.6 is 0 Å². The average Bonchev–Trinajstić information content (AvgIpc) is 2.47. The molecule has 0 saturated carbocycles. The molecule has 0 unspecified atom stereocenters. The molecule has 104 valence electrons. The molecule has 2 heteroatoms. The van der Waals surface area contributed by atoms with Crippen molar-refractivity contribution in [3.05, 3.63) is 72.3 Å². The zero-order valence-corrected chi connectivity index (χ0v) is 13.5. The minimum absolute atomic E-state index is 0.775. The molecular formula is C18H22OSi. The van der Waals surface area contributed by atoms with E-state index in [9.17, 15) is 0 Å². The molecule has 0 bridgehead atoms. The van der Waals surface area contributed by atoms with Crippen molar-refractivity contribution in [3.8, 4) is 0 Å². The molecule has 0 radical (unpaired) electrons. The van der Waals surface area contributed by atoms with E-state index in [4.69, 9.17) is 4.43 Å². The third-order valence-electron chi connectivity index (χ3n) is 3.56. The molecule has 0 heterocycles. The second-order valence-electron chi connectivity index (χ2n) is 5.37. The van der Waals surface area contributed by atoms with E-state index in [1.807, 2.05) is 18.2 Å². The van der Waals surface area contributed by atoms with Gasteiger partial charge in [-0.25, -0.2) is 0 Å². The van der Waals surface area contributed by atoms with Crippen molar-refractivity contribution in [1.29, 1.82) is 0 Å². The Morgan fingerprint density at radius 3 is 2.05 bits per heavy atom. The summed E-state index contributed by atoms with van der Waals surface area (Å²) in [5.74, 6) is 0. The largest absolute Gasteiger partial charge is 0.413 e. The van der Waals surface area contributed by atoms with Crippen LogP contribution in [0.1, 0.15) is 18.1 Å². The Hall–Kier alpha value is -1.64. The van der Waals surface area contributed by atoms with Crippen molar-refractivity contribution in [2.45, 2.75) is 20.0 Å². The van der Waals surface area contributed by atoms with Gasteiger partial charge in [-0.3, -0.25) is 0 Å². The van der Waals surface area contributed by atoms with Crippen LogP contribution in [-0.4, -0.2) is 14.9 Å². The second kappa shape index (κ2) is 6.20. The Balaban J connectivity index is 2.23. The van der Waals surface area contributed by atoms with E-state index < -0.39 is 8.32 Å². The van der Waals surface area contributed by atoms with Crippen LogP contribution in [0.4, 0.5) is 0 Å². The first kappa shape index (κ1) is 14.8. The third kappa shape index (κ3) is 3.27. The van der Waals surface area contributed by atoms with Gasteiger partial charge in [-0.05, 0) is 41.9 Å². The molecule has 1 nitrogen and oxygen atoms in total. The molecule has 20 heavy (non-hydrogen) atoms. The van der Waals surface area contributed by atoms with Crippen molar-refractivity contribution in [1.82, 2.24) is 0 Å². The van der Waals surface area contributed by atoms with Crippen LogP contribution in [-0.2, 0) is 4.43 Å². The zero-order chi connectivity index (χ0) is 14.6. The molecule has 0 fully saturated rings. The first-order valence-corrected chi connectivity index (χ1v) is 9.94. The highest BCUT2D eigenvalue weighted by atomic mass is 28.4. The summed E-state index contributed by atoms with van der Waals surface area (Å²) in [6.07, 6.45) is 0. The lowest BCUT2D eigenvalue weighted by atomic mass is 10.00. The molecule has 2 aromatic carbocycles. The lowest BCUT2D eigenvalue weighted by molar-refractivity contribution is 0.339. The quantitative estimate of drug-likeness (QED) is 0.747. The van der Waals surface area contributed by atoms with Gasteiger partial charge in [-0.15, -0.1) is 0 Å². The first-order valence-electron chi connectivity index (χ1n) is 7.04. The molecule has 0 aromatic heterocycles. The standard InChI is InChI=1S/C18H22OSi/c1-5-19-20(3,4)18-13-11-17(12-14-18)15(2)16-9-7-6-8-10-16/h6-14H,2,5H2,1,3-4H3. The van der Waals surface area contributed by atoms with Gasteiger partial charge in [-0.1, -0.05) is 61.2 Å². The van der Waals surface area contributed by atoms with Crippen LogP contribution in [0.3, 0.4) is 0 Å². The monoisotopic (exact) mass is 282 g/mol. The van der Waals surface area contributed by atoms with E-state index in [0.29, 0.717) is 0 Å². The molecule has 0 atom stereocenters. The van der Waals surface area contributed by atoms with Crippen LogP contribution in [0.2, 0.25) is 13.1 Å². The van der Waals surface area contributed by atoms with Gasteiger partial charge in [0.15, 0.2) is 0 Å². The summed E-state index contributed by atoms with van der Waals surface area (Å²) in [6, 6.07) is 19.0. The van der Waals surface area contributed by atoms with E-state index >= 15 is 0 Å². The first-order chi connectivity index (χ1) is 9.54. The summed E-state index contributed by atoms with van der Waals surface area (Å²) >= 11 is 0. The lowest BCUT2D eigenvalue weighted by Gasteiger charge is -2.22. The van der Waals surface area contributed by atoms with Gasteiger partial charge >= 0.3 is 0 Å². The number of benzene rings is 2. The van der Waals surface area contributed by atoms with E-state index in [1.54, 1.807) is 0 Å². The molecule has 2 rings (SSSR count). The molecule has 0 aliphatic heterocycles. The van der Waals surface area contributed by atoms with Gasteiger partial charge < -0.3 is 4.43 Å². The van der Waals surface area contributed by atoms with Gasteiger partial charge in [0.1, 0.15) is 0 Å². The fourth-order valence-corrected chi connectivity index (χ4v) is 4.18. The summed E-state index contributed by atoms with van der Waals surface area (Å²) in [5.41, 5.74) is 3.40. The van der Waals surface area contributed by atoms with Gasteiger partial charge in [0.05, 0.1) is 0 Å². The van der Waals surface area contributed by atoms with E-state index in [1.165, 1.54) is 16.3 Å². The van der Waals surface area contributed by atoms with Crippen molar-refractivity contribution in [2.75, 3.05) is 6.61 Å². The number of hydrogen-bond acceptors (Lipinski definition) is 1. The van der Waals surface area contributed by atoms with Gasteiger partial charge in [0.25, 0.3) is 0 Å². The molecule has 0 amide bonds. The number of hydrogen-bond donors (Lipinski definition) is 0. The predicted molar refractivity (Wildman–Crippen MR) is 89.8 cm³/mol. The molecule has 0 aliphatic rings. The average molecular weight is 282 g/mol. The Kier molecular flexibility index (Phi) is 4.58. The summed E-state index contributed by atoms with van der Waals surface area (Å²) in [4.78, 5) is 0. The maximum Gasteiger partial charge on any atom is 0.218 e. The Labute approximate surface area is 123 Å². The van der Waals surface area contributed by atoms with E-state index in [0.717, 1.165) is 12.2 Å². The van der Waals surface area contributed by atoms with Crippen LogP contribution in [0, 0.1) is 0 Å². The third-order valence-corrected chi connectivity index (χ3v) is 6.29. The fraction of sp³-hybridized carbons (Fsp3) is 0.222. The Morgan fingerprint density at radius 1 is 0.950 bits per heavy atom. The van der Waals surface area contributed by atoms with E-state index in [-0.39, 0.29) is 0 Å². The normalized spacial score (nSPS) is 11.3. The minimum atomic E-state index is -1.75. The molecule has 0 saturated heterocycles. The summed E-state index contributed by atoms with van der Waals surface area (Å²) in [6.45, 7) is 11.5. The van der Waals surface area contributed by atoms with Crippen LogP contribution in [0.15, 0.2) is 61.2 Å². The van der Waals surface area contributed by atoms with Crippen LogP contribution in [0.25, 0.3) is 5.57 Å². The maximum absolute atomic E-state index is 5.92. The molecular weight excluding hydrogens is 260 g/mol. The molecule has 0 spiro atoms. The van der Waals surface area contributed by atoms with Crippen LogP contribution < -0.4 is 5.19 Å². The summed E-state index contributed by atoms with van der Waals surface area (Å²) in [7, 11) is -1.75. The SMILES string of the molecule is C=C(c1ccccc1)c1ccc([Si](C)(C)OCC)cc1. The maximum atomic E-state index is 5.92. The van der Waals surface area contributed by atoms with Crippen LogP contribution in [0.5, 0.6) is 0 Å². The van der Waals surface area contributed by atoms with Gasteiger partial charge in [0, 0.05) is 6.61 Å². The smallest absolute Gasteiger partial charge is 0.218 e. The second-order valence-corrected chi connectivity index (χ2v) is 9.25. The number of rotatable bonds is 5. The highest BCUT2D eigenvalue weighted by Crippen LogP contribution is 2.20. The summed E-state index contributed by atoms with van der Waals surface area (Å²) < 4.78 is 5.92. The van der Waals surface area contributed by atoms with Crippen molar-refractivity contribution < 1.29 is 4.43 Å². The predicted octanol–water partition coefficient (Wildman–Crippen LogP) is 4.20. The Morgan fingerprint density at radius 2 is 1.50 bits per heavy atom. The topological polar surface area (TPSA) is 9.23 Å². The molecule has 2 aromatic rings. The van der Waals surface area contributed by atoms with Crippen molar-refractivity contribution >= 4 is 19.1 Å².